The fourth-order valence-electron chi connectivity index (χ4n) is 2.81. The topological polar surface area (TPSA) is 64.3 Å². The minimum atomic E-state index is 0.0859. The van der Waals surface area contributed by atoms with E-state index in [1.165, 1.54) is 0 Å². The standard InChI is InChI=1S/C15H30N2O2/c1-4-7-19-8-5-6-17-15(18)13-10-14(16)12(3)9-11(13)2/h11-14H,4-10,16H2,1-3H3,(H,17,18). The molecule has 1 rings (SSSR count). The zero-order valence-corrected chi connectivity index (χ0v) is 12.7. The van der Waals surface area contributed by atoms with E-state index in [0.717, 1.165) is 38.9 Å². The summed E-state index contributed by atoms with van der Waals surface area (Å²) in [7, 11) is 0. The maximum Gasteiger partial charge on any atom is 0.223 e. The Hall–Kier alpha value is -0.610. The first-order chi connectivity index (χ1) is 9.06. The van der Waals surface area contributed by atoms with Gasteiger partial charge in [0.2, 0.25) is 5.91 Å². The van der Waals surface area contributed by atoms with Gasteiger partial charge in [0.05, 0.1) is 0 Å². The third kappa shape index (κ3) is 5.49. The molecule has 0 spiro atoms. The number of carbonyl (C=O) groups excluding carboxylic acids is 1. The van der Waals surface area contributed by atoms with Gasteiger partial charge in [-0.05, 0) is 37.5 Å². The normalized spacial score (nSPS) is 31.2. The number of nitrogens with one attached hydrogen (secondary N) is 1. The van der Waals surface area contributed by atoms with Gasteiger partial charge in [-0.25, -0.2) is 0 Å². The molecule has 1 saturated carbocycles. The molecule has 112 valence electrons. The Balaban J connectivity index is 2.21. The minimum Gasteiger partial charge on any atom is -0.381 e. The van der Waals surface area contributed by atoms with Crippen molar-refractivity contribution >= 4 is 5.91 Å². The minimum absolute atomic E-state index is 0.0859. The molecular weight excluding hydrogens is 240 g/mol. The molecule has 1 amide bonds. The van der Waals surface area contributed by atoms with Crippen LogP contribution < -0.4 is 11.1 Å². The van der Waals surface area contributed by atoms with Crippen molar-refractivity contribution in [3.8, 4) is 0 Å². The van der Waals surface area contributed by atoms with E-state index in [1.807, 2.05) is 0 Å². The highest BCUT2D eigenvalue weighted by atomic mass is 16.5. The summed E-state index contributed by atoms with van der Waals surface area (Å²) in [5.74, 6) is 1.22. The van der Waals surface area contributed by atoms with Gasteiger partial charge in [0.25, 0.3) is 0 Å². The molecule has 4 unspecified atom stereocenters. The molecule has 3 N–H and O–H groups in total. The third-order valence-electron chi connectivity index (χ3n) is 4.14. The number of hydrogen-bond donors (Lipinski definition) is 2. The molecule has 19 heavy (non-hydrogen) atoms. The smallest absolute Gasteiger partial charge is 0.223 e. The van der Waals surface area contributed by atoms with E-state index >= 15 is 0 Å². The second-order valence-electron chi connectivity index (χ2n) is 5.95. The fourth-order valence-corrected chi connectivity index (χ4v) is 2.81. The van der Waals surface area contributed by atoms with Crippen molar-refractivity contribution in [1.29, 1.82) is 0 Å². The summed E-state index contributed by atoms with van der Waals surface area (Å²) >= 11 is 0. The molecule has 4 atom stereocenters. The molecule has 1 aliphatic carbocycles. The van der Waals surface area contributed by atoms with Gasteiger partial charge in [-0.3, -0.25) is 4.79 Å². The quantitative estimate of drug-likeness (QED) is 0.695. The predicted octanol–water partition coefficient (Wildman–Crippen LogP) is 1.93. The SMILES string of the molecule is CCCOCCCNC(=O)C1CC(N)C(C)CC1C. The number of amides is 1. The van der Waals surface area contributed by atoms with Crippen LogP contribution in [0.4, 0.5) is 0 Å². The molecule has 4 nitrogen and oxygen atoms in total. The van der Waals surface area contributed by atoms with Crippen LogP contribution in [0.15, 0.2) is 0 Å². The highest BCUT2D eigenvalue weighted by molar-refractivity contribution is 5.79. The lowest BCUT2D eigenvalue weighted by atomic mass is 9.72. The van der Waals surface area contributed by atoms with E-state index < -0.39 is 0 Å². The number of rotatable bonds is 7. The van der Waals surface area contributed by atoms with Crippen molar-refractivity contribution in [3.05, 3.63) is 0 Å². The molecule has 0 bridgehead atoms. The van der Waals surface area contributed by atoms with Gasteiger partial charge in [-0.1, -0.05) is 20.8 Å². The Labute approximate surface area is 117 Å². The predicted molar refractivity (Wildman–Crippen MR) is 77.8 cm³/mol. The number of ether oxygens (including phenoxy) is 1. The van der Waals surface area contributed by atoms with E-state index in [0.29, 0.717) is 18.4 Å². The molecule has 0 aromatic carbocycles. The van der Waals surface area contributed by atoms with Gasteiger partial charge in [-0.2, -0.15) is 0 Å². The molecule has 0 saturated heterocycles. The van der Waals surface area contributed by atoms with Gasteiger partial charge in [0.1, 0.15) is 0 Å². The third-order valence-corrected chi connectivity index (χ3v) is 4.14. The van der Waals surface area contributed by atoms with Crippen LogP contribution in [0.2, 0.25) is 0 Å². The van der Waals surface area contributed by atoms with Gasteiger partial charge in [0, 0.05) is 31.7 Å². The van der Waals surface area contributed by atoms with Crippen LogP contribution in [0, 0.1) is 17.8 Å². The molecule has 0 heterocycles. The largest absolute Gasteiger partial charge is 0.381 e. The van der Waals surface area contributed by atoms with Crippen LogP contribution in [0.5, 0.6) is 0 Å². The Kier molecular flexibility index (Phi) is 7.39. The maximum atomic E-state index is 12.1. The highest BCUT2D eigenvalue weighted by Gasteiger charge is 2.34. The molecule has 0 aromatic heterocycles. The number of hydrogen-bond acceptors (Lipinski definition) is 3. The van der Waals surface area contributed by atoms with Crippen LogP contribution >= 0.6 is 0 Å². The average Bonchev–Trinajstić information content (AvgIpc) is 2.37. The van der Waals surface area contributed by atoms with Crippen molar-refractivity contribution in [3.63, 3.8) is 0 Å². The lowest BCUT2D eigenvalue weighted by Crippen LogP contribution is -2.45. The molecule has 1 aliphatic rings. The first kappa shape index (κ1) is 16.4. The first-order valence-corrected chi connectivity index (χ1v) is 7.67. The van der Waals surface area contributed by atoms with Crippen molar-refractivity contribution in [1.82, 2.24) is 5.32 Å². The van der Waals surface area contributed by atoms with Crippen LogP contribution in [0.3, 0.4) is 0 Å². The van der Waals surface area contributed by atoms with Crippen molar-refractivity contribution in [2.75, 3.05) is 19.8 Å². The van der Waals surface area contributed by atoms with E-state index in [4.69, 9.17) is 10.5 Å². The summed E-state index contributed by atoms with van der Waals surface area (Å²) < 4.78 is 5.39. The number of nitrogens with two attached hydrogens (primary N) is 1. The monoisotopic (exact) mass is 270 g/mol. The van der Waals surface area contributed by atoms with E-state index in [-0.39, 0.29) is 17.9 Å². The summed E-state index contributed by atoms with van der Waals surface area (Å²) in [6.07, 6.45) is 3.80. The summed E-state index contributed by atoms with van der Waals surface area (Å²) in [6, 6.07) is 0.167. The summed E-state index contributed by atoms with van der Waals surface area (Å²) in [4.78, 5) is 12.1. The zero-order valence-electron chi connectivity index (χ0n) is 12.7. The van der Waals surface area contributed by atoms with Gasteiger partial charge >= 0.3 is 0 Å². The van der Waals surface area contributed by atoms with E-state index in [1.54, 1.807) is 0 Å². The first-order valence-electron chi connectivity index (χ1n) is 7.67. The Morgan fingerprint density at radius 1 is 1.26 bits per heavy atom. The molecular formula is C15H30N2O2. The van der Waals surface area contributed by atoms with Crippen LogP contribution in [0.25, 0.3) is 0 Å². The molecule has 0 radical (unpaired) electrons. The molecule has 0 aliphatic heterocycles. The lowest BCUT2D eigenvalue weighted by Gasteiger charge is -2.36. The Bertz CT molecular complexity index is 271. The Morgan fingerprint density at radius 3 is 2.68 bits per heavy atom. The fraction of sp³-hybridized carbons (Fsp3) is 0.933. The van der Waals surface area contributed by atoms with Crippen LogP contribution in [0.1, 0.15) is 46.5 Å². The molecule has 1 fully saturated rings. The molecule has 0 aromatic rings. The van der Waals surface area contributed by atoms with Crippen molar-refractivity contribution in [2.24, 2.45) is 23.5 Å². The number of carbonyl (C=O) groups is 1. The van der Waals surface area contributed by atoms with Gasteiger partial charge < -0.3 is 15.8 Å². The Morgan fingerprint density at radius 2 is 2.00 bits per heavy atom. The molecule has 4 heteroatoms. The zero-order chi connectivity index (χ0) is 14.3. The summed E-state index contributed by atoms with van der Waals surface area (Å²) in [5.41, 5.74) is 6.08. The second kappa shape index (κ2) is 8.54. The average molecular weight is 270 g/mol. The maximum absolute atomic E-state index is 12.1. The summed E-state index contributed by atoms with van der Waals surface area (Å²) in [6.45, 7) is 8.68. The van der Waals surface area contributed by atoms with Gasteiger partial charge in [0.15, 0.2) is 0 Å². The van der Waals surface area contributed by atoms with Crippen LogP contribution in [-0.2, 0) is 9.53 Å². The van der Waals surface area contributed by atoms with Crippen molar-refractivity contribution < 1.29 is 9.53 Å². The second-order valence-corrected chi connectivity index (χ2v) is 5.95. The lowest BCUT2D eigenvalue weighted by molar-refractivity contribution is -0.128. The summed E-state index contributed by atoms with van der Waals surface area (Å²) in [5, 5.41) is 3.02. The van der Waals surface area contributed by atoms with E-state index in [9.17, 15) is 4.79 Å². The van der Waals surface area contributed by atoms with Gasteiger partial charge in [-0.15, -0.1) is 0 Å². The van der Waals surface area contributed by atoms with E-state index in [2.05, 4.69) is 26.1 Å². The van der Waals surface area contributed by atoms with Crippen LogP contribution in [-0.4, -0.2) is 31.7 Å². The highest BCUT2D eigenvalue weighted by Crippen LogP contribution is 2.32. The van der Waals surface area contributed by atoms with Crippen molar-refractivity contribution in [2.45, 2.75) is 52.5 Å².